The van der Waals surface area contributed by atoms with Crippen molar-refractivity contribution in [2.75, 3.05) is 45.7 Å². The Morgan fingerprint density at radius 3 is 3.03 bits per heavy atom. The Labute approximate surface area is 195 Å². The van der Waals surface area contributed by atoms with Gasteiger partial charge in [-0.3, -0.25) is 4.79 Å². The van der Waals surface area contributed by atoms with Gasteiger partial charge in [-0.15, -0.1) is 0 Å². The van der Waals surface area contributed by atoms with Gasteiger partial charge in [0.05, 0.1) is 12.3 Å². The molecule has 4 rings (SSSR count). The van der Waals surface area contributed by atoms with E-state index in [0.717, 1.165) is 25.8 Å². The van der Waals surface area contributed by atoms with Gasteiger partial charge in [0, 0.05) is 19.2 Å². The molecule has 1 aliphatic rings. The Bertz CT molecular complexity index is 1100. The Morgan fingerprint density at radius 1 is 1.36 bits per heavy atom. The number of thiazole rings is 1. The van der Waals surface area contributed by atoms with Crippen LogP contribution in [0.3, 0.4) is 0 Å². The van der Waals surface area contributed by atoms with Gasteiger partial charge in [0.2, 0.25) is 0 Å². The van der Waals surface area contributed by atoms with Gasteiger partial charge in [-0.25, -0.2) is 19.3 Å². The van der Waals surface area contributed by atoms with Crippen molar-refractivity contribution >= 4 is 39.1 Å². The van der Waals surface area contributed by atoms with E-state index in [1.807, 2.05) is 14.1 Å². The van der Waals surface area contributed by atoms with Crippen LogP contribution in [-0.2, 0) is 4.74 Å². The Balaban J connectivity index is 1.51. The number of amides is 1. The molecule has 3 heterocycles. The molecule has 1 unspecified atom stereocenters. The van der Waals surface area contributed by atoms with Gasteiger partial charge >= 0.3 is 0 Å². The molecule has 0 spiro atoms. The van der Waals surface area contributed by atoms with Crippen molar-refractivity contribution < 1.29 is 18.7 Å². The fourth-order valence-corrected chi connectivity index (χ4v) is 4.25. The van der Waals surface area contributed by atoms with Crippen LogP contribution < -0.4 is 15.4 Å². The summed E-state index contributed by atoms with van der Waals surface area (Å²) in [6, 6.07) is 4.27. The molecule has 1 aromatic carbocycles. The van der Waals surface area contributed by atoms with Crippen LogP contribution in [0.5, 0.6) is 5.75 Å². The summed E-state index contributed by atoms with van der Waals surface area (Å²) in [6.07, 6.45) is 3.84. The molecule has 3 aromatic rings. The number of aromatic nitrogens is 3. The highest BCUT2D eigenvalue weighted by Gasteiger charge is 2.20. The molecule has 1 amide bonds. The number of nitrogens with zero attached hydrogens (tertiary/aromatic N) is 4. The number of rotatable bonds is 9. The summed E-state index contributed by atoms with van der Waals surface area (Å²) < 4.78 is 25.4. The maximum atomic E-state index is 13.9. The van der Waals surface area contributed by atoms with Crippen LogP contribution in [0, 0.1) is 5.82 Å². The second-order valence-electron chi connectivity index (χ2n) is 8.03. The molecule has 2 aromatic heterocycles. The van der Waals surface area contributed by atoms with Crippen LogP contribution in [0.25, 0.3) is 10.3 Å². The number of hydrogen-bond donors (Lipinski definition) is 2. The number of benzene rings is 1. The summed E-state index contributed by atoms with van der Waals surface area (Å²) in [4.78, 5) is 28.2. The van der Waals surface area contributed by atoms with Crippen LogP contribution in [0.15, 0.2) is 24.5 Å². The fraction of sp³-hybridized carbons (Fsp3) is 0.455. The number of carbonyl (C=O) groups is 1. The lowest BCUT2D eigenvalue weighted by atomic mass is 10.1. The van der Waals surface area contributed by atoms with Crippen molar-refractivity contribution in [3.05, 3.63) is 35.4 Å². The number of anilines is 2. The normalized spacial score (nSPS) is 16.2. The molecule has 11 heteroatoms. The first-order valence-electron chi connectivity index (χ1n) is 10.8. The van der Waals surface area contributed by atoms with Gasteiger partial charge < -0.3 is 25.0 Å². The van der Waals surface area contributed by atoms with Gasteiger partial charge in [0.15, 0.2) is 10.8 Å². The molecule has 176 valence electrons. The fourth-order valence-electron chi connectivity index (χ4n) is 3.42. The Hall–Kier alpha value is -2.89. The van der Waals surface area contributed by atoms with E-state index in [-0.39, 0.29) is 12.0 Å². The summed E-state index contributed by atoms with van der Waals surface area (Å²) in [5.74, 6) is 0.137. The number of fused-ring (bicyclic) bond motifs is 1. The first kappa shape index (κ1) is 23.3. The minimum Gasteiger partial charge on any atom is -0.486 e. The van der Waals surface area contributed by atoms with Crippen molar-refractivity contribution in [1.82, 2.24) is 25.2 Å². The zero-order chi connectivity index (χ0) is 23.2. The summed E-state index contributed by atoms with van der Waals surface area (Å²) in [6.45, 7) is 2.62. The second-order valence-corrected chi connectivity index (χ2v) is 9.01. The monoisotopic (exact) mass is 474 g/mol. The largest absolute Gasteiger partial charge is 0.486 e. The van der Waals surface area contributed by atoms with Gasteiger partial charge in [0.1, 0.15) is 34.3 Å². The van der Waals surface area contributed by atoms with Crippen molar-refractivity contribution in [3.8, 4) is 5.75 Å². The van der Waals surface area contributed by atoms with Crippen molar-refractivity contribution in [2.24, 2.45) is 0 Å². The molecule has 1 aliphatic heterocycles. The summed E-state index contributed by atoms with van der Waals surface area (Å²) >= 11 is 1.20. The maximum absolute atomic E-state index is 13.9. The number of carbonyl (C=O) groups excluding carboxylic acids is 1. The zero-order valence-corrected chi connectivity index (χ0v) is 19.5. The molecular weight excluding hydrogens is 447 g/mol. The third-order valence-corrected chi connectivity index (χ3v) is 6.03. The third-order valence-electron chi connectivity index (χ3n) is 5.07. The molecule has 1 saturated heterocycles. The molecule has 0 bridgehead atoms. The van der Waals surface area contributed by atoms with Crippen molar-refractivity contribution in [1.29, 1.82) is 0 Å². The summed E-state index contributed by atoms with van der Waals surface area (Å²) in [7, 11) is 3.98. The Kier molecular flexibility index (Phi) is 7.63. The summed E-state index contributed by atoms with van der Waals surface area (Å²) in [5.41, 5.74) is 1.02. The van der Waals surface area contributed by atoms with Gasteiger partial charge in [-0.2, -0.15) is 0 Å². The predicted molar refractivity (Wildman–Crippen MR) is 125 cm³/mol. The van der Waals surface area contributed by atoms with E-state index in [1.165, 1.54) is 29.8 Å². The van der Waals surface area contributed by atoms with Crippen LogP contribution in [0.1, 0.15) is 29.1 Å². The number of halogens is 1. The average Bonchev–Trinajstić information content (AvgIpc) is 3.24. The van der Waals surface area contributed by atoms with E-state index in [1.54, 1.807) is 6.07 Å². The topological polar surface area (TPSA) is 102 Å². The quantitative estimate of drug-likeness (QED) is 0.456. The minimum absolute atomic E-state index is 0.145. The smallest absolute Gasteiger partial charge is 0.280 e. The lowest BCUT2D eigenvalue weighted by molar-refractivity contribution is 0.00763. The highest BCUT2D eigenvalue weighted by molar-refractivity contribution is 7.19. The molecule has 9 nitrogen and oxygen atoms in total. The third kappa shape index (κ3) is 6.12. The molecule has 33 heavy (non-hydrogen) atoms. The van der Waals surface area contributed by atoms with Crippen LogP contribution in [-0.4, -0.2) is 72.3 Å². The van der Waals surface area contributed by atoms with Crippen LogP contribution >= 0.6 is 11.3 Å². The van der Waals surface area contributed by atoms with E-state index in [4.69, 9.17) is 9.47 Å². The SMILES string of the molecule is CN(C)CCCNC(=O)c1nc2c(Nc3ccc(F)cc3OC3CCCOC3)ncnc2s1. The Morgan fingerprint density at radius 2 is 2.24 bits per heavy atom. The second kappa shape index (κ2) is 10.8. The van der Waals surface area contributed by atoms with Crippen molar-refractivity contribution in [2.45, 2.75) is 25.4 Å². The number of nitrogens with one attached hydrogen (secondary N) is 2. The molecule has 0 radical (unpaired) electrons. The summed E-state index contributed by atoms with van der Waals surface area (Å²) in [5, 5.41) is 6.37. The lowest BCUT2D eigenvalue weighted by Crippen LogP contribution is -2.28. The first-order valence-corrected chi connectivity index (χ1v) is 11.7. The minimum atomic E-state index is -0.401. The number of ether oxygens (including phenoxy) is 2. The highest BCUT2D eigenvalue weighted by atomic mass is 32.1. The van der Waals surface area contributed by atoms with Crippen LogP contribution in [0.2, 0.25) is 0 Å². The first-order chi connectivity index (χ1) is 16.0. The van der Waals surface area contributed by atoms with Gasteiger partial charge in [0.25, 0.3) is 5.91 Å². The molecule has 1 fully saturated rings. The standard InChI is InChI=1S/C22H27FN6O3S/c1-29(2)9-4-8-24-20(30)22-28-18-19(25-13-26-21(18)33-22)27-16-7-6-14(23)11-17(16)32-15-5-3-10-31-12-15/h6-7,11,13,15H,3-5,8-10,12H2,1-2H3,(H,24,30)(H,25,26,27). The van der Waals surface area contributed by atoms with E-state index in [9.17, 15) is 9.18 Å². The van der Waals surface area contributed by atoms with Crippen LogP contribution in [0.4, 0.5) is 15.9 Å². The van der Waals surface area contributed by atoms with E-state index < -0.39 is 5.82 Å². The van der Waals surface area contributed by atoms with E-state index >= 15 is 0 Å². The predicted octanol–water partition coefficient (Wildman–Crippen LogP) is 3.21. The average molecular weight is 475 g/mol. The van der Waals surface area contributed by atoms with E-state index in [0.29, 0.717) is 52.4 Å². The van der Waals surface area contributed by atoms with Gasteiger partial charge in [-0.1, -0.05) is 11.3 Å². The van der Waals surface area contributed by atoms with E-state index in [2.05, 4.69) is 30.5 Å². The van der Waals surface area contributed by atoms with Gasteiger partial charge in [-0.05, 0) is 52.0 Å². The van der Waals surface area contributed by atoms with Crippen molar-refractivity contribution in [3.63, 3.8) is 0 Å². The maximum Gasteiger partial charge on any atom is 0.280 e. The molecule has 0 aliphatic carbocycles. The number of hydrogen-bond acceptors (Lipinski definition) is 9. The molecule has 2 N–H and O–H groups in total. The lowest BCUT2D eigenvalue weighted by Gasteiger charge is -2.24. The molecular formula is C22H27FN6O3S. The molecule has 0 saturated carbocycles. The zero-order valence-electron chi connectivity index (χ0n) is 18.6. The highest BCUT2D eigenvalue weighted by Crippen LogP contribution is 2.33. The molecule has 1 atom stereocenters.